The van der Waals surface area contributed by atoms with E-state index in [1.165, 1.54) is 38.5 Å². The van der Waals surface area contributed by atoms with Gasteiger partial charge in [0.15, 0.2) is 0 Å². The summed E-state index contributed by atoms with van der Waals surface area (Å²) in [4.78, 5) is 19.0. The molecule has 96 valence electrons. The normalized spacial score (nSPS) is 18.1. The van der Waals surface area contributed by atoms with Crippen molar-refractivity contribution in [1.82, 2.24) is 14.5 Å². The highest BCUT2D eigenvalue weighted by atomic mass is 16.1. The summed E-state index contributed by atoms with van der Waals surface area (Å²) < 4.78 is 2.24. The molecule has 0 radical (unpaired) electrons. The van der Waals surface area contributed by atoms with Crippen molar-refractivity contribution in [2.45, 2.75) is 51.5 Å². The summed E-state index contributed by atoms with van der Waals surface area (Å²) in [5.41, 5.74) is 1.75. The zero-order chi connectivity index (χ0) is 12.5. The van der Waals surface area contributed by atoms with E-state index in [2.05, 4.69) is 14.5 Å². The Hall–Kier alpha value is -1.58. The molecule has 2 aromatic heterocycles. The van der Waals surface area contributed by atoms with Crippen LogP contribution in [0.1, 0.15) is 50.4 Å². The zero-order valence-corrected chi connectivity index (χ0v) is 10.8. The third kappa shape index (κ3) is 1.96. The minimum atomic E-state index is -0.0442. The van der Waals surface area contributed by atoms with Gasteiger partial charge in [-0.05, 0) is 25.8 Å². The second-order valence-corrected chi connectivity index (χ2v) is 5.23. The van der Waals surface area contributed by atoms with Gasteiger partial charge in [-0.1, -0.05) is 25.7 Å². The Morgan fingerprint density at radius 1 is 1.22 bits per heavy atom. The van der Waals surface area contributed by atoms with Crippen LogP contribution in [0.4, 0.5) is 0 Å². The summed E-state index contributed by atoms with van der Waals surface area (Å²) in [6, 6.07) is 3.86. The van der Waals surface area contributed by atoms with E-state index in [1.54, 1.807) is 6.07 Å². The number of nitrogens with one attached hydrogen (secondary N) is 1. The Morgan fingerprint density at radius 3 is 2.67 bits per heavy atom. The number of pyridine rings is 1. The lowest BCUT2D eigenvalue weighted by Gasteiger charge is -2.18. The molecule has 4 nitrogen and oxygen atoms in total. The van der Waals surface area contributed by atoms with Crippen LogP contribution in [-0.4, -0.2) is 14.5 Å². The second kappa shape index (κ2) is 4.59. The number of rotatable bonds is 1. The highest BCUT2D eigenvalue weighted by molar-refractivity contribution is 5.71. The molecule has 1 aliphatic rings. The van der Waals surface area contributed by atoms with Crippen molar-refractivity contribution in [3.8, 4) is 0 Å². The van der Waals surface area contributed by atoms with E-state index in [9.17, 15) is 4.79 Å². The molecule has 2 aromatic rings. The predicted octanol–water partition coefficient (Wildman–Crippen LogP) is 2.93. The number of H-pyrrole nitrogens is 1. The summed E-state index contributed by atoms with van der Waals surface area (Å²) in [6.45, 7) is 2.03. The molecule has 18 heavy (non-hydrogen) atoms. The predicted molar refractivity (Wildman–Crippen MR) is 71.8 cm³/mol. The van der Waals surface area contributed by atoms with Crippen LogP contribution in [0.15, 0.2) is 16.9 Å². The number of aromatic amines is 1. The van der Waals surface area contributed by atoms with E-state index >= 15 is 0 Å². The molecule has 4 heteroatoms. The average molecular weight is 245 g/mol. The minimum absolute atomic E-state index is 0.0442. The van der Waals surface area contributed by atoms with Crippen LogP contribution in [0.3, 0.4) is 0 Å². The second-order valence-electron chi connectivity index (χ2n) is 5.23. The van der Waals surface area contributed by atoms with Gasteiger partial charge in [0.2, 0.25) is 5.56 Å². The Morgan fingerprint density at radius 2 is 1.94 bits per heavy atom. The Bertz CT molecular complexity index is 603. The van der Waals surface area contributed by atoms with Crippen molar-refractivity contribution in [2.24, 2.45) is 0 Å². The van der Waals surface area contributed by atoms with E-state index in [0.29, 0.717) is 6.04 Å². The number of aromatic nitrogens is 3. The molecule has 1 fully saturated rings. The first-order valence-electron chi connectivity index (χ1n) is 6.83. The lowest BCUT2D eigenvalue weighted by Crippen LogP contribution is -2.13. The molecule has 1 N–H and O–H groups in total. The fraction of sp³-hybridized carbons (Fsp3) is 0.571. The summed E-state index contributed by atoms with van der Waals surface area (Å²) in [5, 5.41) is 0. The van der Waals surface area contributed by atoms with Gasteiger partial charge in [-0.2, -0.15) is 0 Å². The minimum Gasteiger partial charge on any atom is -0.311 e. The highest BCUT2D eigenvalue weighted by Gasteiger charge is 2.19. The first kappa shape index (κ1) is 11.5. The maximum Gasteiger partial charge on any atom is 0.249 e. The molecule has 1 saturated carbocycles. The smallest absolute Gasteiger partial charge is 0.249 e. The van der Waals surface area contributed by atoms with Crippen LogP contribution in [-0.2, 0) is 0 Å². The van der Waals surface area contributed by atoms with Gasteiger partial charge >= 0.3 is 0 Å². The van der Waals surface area contributed by atoms with Gasteiger partial charge < -0.3 is 9.55 Å². The van der Waals surface area contributed by atoms with Crippen molar-refractivity contribution in [1.29, 1.82) is 0 Å². The molecule has 2 heterocycles. The van der Waals surface area contributed by atoms with Gasteiger partial charge in [0.1, 0.15) is 17.0 Å². The van der Waals surface area contributed by atoms with Gasteiger partial charge in [0, 0.05) is 12.1 Å². The summed E-state index contributed by atoms with van der Waals surface area (Å²) >= 11 is 0. The van der Waals surface area contributed by atoms with Gasteiger partial charge in [-0.3, -0.25) is 4.79 Å². The SMILES string of the molecule is Cc1nc2ccc(=O)[nH]c2n1C1CCCCCC1. The van der Waals surface area contributed by atoms with Crippen LogP contribution in [0.25, 0.3) is 11.2 Å². The third-order valence-electron chi connectivity index (χ3n) is 3.94. The molecule has 0 unspecified atom stereocenters. The maximum atomic E-state index is 11.5. The highest BCUT2D eigenvalue weighted by Crippen LogP contribution is 2.30. The van der Waals surface area contributed by atoms with E-state index in [-0.39, 0.29) is 5.56 Å². The van der Waals surface area contributed by atoms with Gasteiger partial charge in [0.25, 0.3) is 0 Å². The lowest BCUT2D eigenvalue weighted by molar-refractivity contribution is 0.443. The fourth-order valence-corrected chi connectivity index (χ4v) is 3.08. The molecule has 0 spiro atoms. The Labute approximate surface area is 106 Å². The first-order valence-corrected chi connectivity index (χ1v) is 6.83. The summed E-state index contributed by atoms with van der Waals surface area (Å²) in [5.74, 6) is 1.01. The molecule has 0 aromatic carbocycles. The van der Waals surface area contributed by atoms with Crippen molar-refractivity contribution >= 4 is 11.2 Å². The standard InChI is InChI=1S/C14H19N3O/c1-10-15-12-8-9-13(18)16-14(12)17(10)11-6-4-2-3-5-7-11/h8-9,11H,2-7H2,1H3,(H,16,18). The topological polar surface area (TPSA) is 50.7 Å². The summed E-state index contributed by atoms with van der Waals surface area (Å²) in [6.07, 6.45) is 7.62. The van der Waals surface area contributed by atoms with Gasteiger partial charge in [-0.15, -0.1) is 0 Å². The number of aryl methyl sites for hydroxylation is 1. The molecular weight excluding hydrogens is 226 g/mol. The molecule has 0 atom stereocenters. The molecule has 0 bridgehead atoms. The zero-order valence-electron chi connectivity index (χ0n) is 10.8. The quantitative estimate of drug-likeness (QED) is 0.785. The van der Waals surface area contributed by atoms with Crippen LogP contribution in [0, 0.1) is 6.92 Å². The molecule has 1 aliphatic carbocycles. The molecule has 0 amide bonds. The Balaban J connectivity index is 2.11. The van der Waals surface area contributed by atoms with Crippen LogP contribution in [0.5, 0.6) is 0 Å². The van der Waals surface area contributed by atoms with Crippen LogP contribution in [0.2, 0.25) is 0 Å². The van der Waals surface area contributed by atoms with Crippen LogP contribution >= 0.6 is 0 Å². The monoisotopic (exact) mass is 245 g/mol. The number of hydrogen-bond donors (Lipinski definition) is 1. The number of imidazole rings is 1. The molecular formula is C14H19N3O. The van der Waals surface area contributed by atoms with Crippen molar-refractivity contribution in [3.63, 3.8) is 0 Å². The van der Waals surface area contributed by atoms with E-state index in [1.807, 2.05) is 13.0 Å². The van der Waals surface area contributed by atoms with E-state index < -0.39 is 0 Å². The van der Waals surface area contributed by atoms with Crippen molar-refractivity contribution in [2.75, 3.05) is 0 Å². The van der Waals surface area contributed by atoms with E-state index in [4.69, 9.17) is 0 Å². The molecule has 0 saturated heterocycles. The lowest BCUT2D eigenvalue weighted by atomic mass is 10.1. The number of fused-ring (bicyclic) bond motifs is 1. The van der Waals surface area contributed by atoms with Crippen LogP contribution < -0.4 is 5.56 Å². The van der Waals surface area contributed by atoms with E-state index in [0.717, 1.165) is 17.0 Å². The third-order valence-corrected chi connectivity index (χ3v) is 3.94. The first-order chi connectivity index (χ1) is 8.75. The Kier molecular flexibility index (Phi) is 2.94. The molecule has 3 rings (SSSR count). The van der Waals surface area contributed by atoms with Crippen molar-refractivity contribution < 1.29 is 0 Å². The maximum absolute atomic E-state index is 11.5. The van der Waals surface area contributed by atoms with Gasteiger partial charge in [-0.25, -0.2) is 4.98 Å². The average Bonchev–Trinajstić information content (AvgIpc) is 2.55. The summed E-state index contributed by atoms with van der Waals surface area (Å²) in [7, 11) is 0. The largest absolute Gasteiger partial charge is 0.311 e. The number of hydrogen-bond acceptors (Lipinski definition) is 2. The van der Waals surface area contributed by atoms with Gasteiger partial charge in [0.05, 0.1) is 0 Å². The number of nitrogens with zero attached hydrogens (tertiary/aromatic N) is 2. The fourth-order valence-electron chi connectivity index (χ4n) is 3.08. The molecule has 0 aliphatic heterocycles. The van der Waals surface area contributed by atoms with Crippen molar-refractivity contribution in [3.05, 3.63) is 28.3 Å².